The molecule has 5 nitrogen and oxygen atoms in total. The molecule has 0 amide bonds. The molecule has 1 heterocycles. The lowest BCUT2D eigenvalue weighted by atomic mass is 10.3. The minimum Gasteiger partial charge on any atom is -0.493 e. The molecule has 0 unspecified atom stereocenters. The number of para-hydroxylation sites is 1. The molecule has 1 aliphatic rings. The lowest BCUT2D eigenvalue weighted by Crippen LogP contribution is -2.04. The molecule has 0 atom stereocenters. The largest absolute Gasteiger partial charge is 0.493 e. The third-order valence-corrected chi connectivity index (χ3v) is 2.71. The van der Waals surface area contributed by atoms with Crippen LogP contribution in [-0.2, 0) is 6.42 Å². The van der Waals surface area contributed by atoms with Crippen molar-refractivity contribution in [2.24, 2.45) is 0 Å². The Labute approximate surface area is 105 Å². The van der Waals surface area contributed by atoms with Crippen LogP contribution < -0.4 is 10.1 Å². The molecule has 94 valence electrons. The van der Waals surface area contributed by atoms with E-state index in [-0.39, 0.29) is 0 Å². The Kier molecular flexibility index (Phi) is 3.12. The zero-order valence-corrected chi connectivity index (χ0v) is 10.0. The van der Waals surface area contributed by atoms with E-state index in [0.717, 1.165) is 5.75 Å². The van der Waals surface area contributed by atoms with Crippen molar-refractivity contribution in [2.75, 3.05) is 11.9 Å². The first-order chi connectivity index (χ1) is 8.90. The second kappa shape index (κ2) is 5.08. The lowest BCUT2D eigenvalue weighted by Gasteiger charge is -2.02. The lowest BCUT2D eigenvalue weighted by molar-refractivity contribution is 0.315. The van der Waals surface area contributed by atoms with E-state index in [9.17, 15) is 0 Å². The van der Waals surface area contributed by atoms with Crippen LogP contribution in [-0.4, -0.2) is 22.8 Å². The minimum absolute atomic E-state index is 0.521. The number of aromatic nitrogens is 2. The summed E-state index contributed by atoms with van der Waals surface area (Å²) in [5.41, 5.74) is 0. The number of nitrogens with one attached hydrogen (secondary N) is 1. The van der Waals surface area contributed by atoms with Gasteiger partial charge in [0.05, 0.1) is 6.61 Å². The van der Waals surface area contributed by atoms with Gasteiger partial charge in [0.25, 0.3) is 0 Å². The van der Waals surface area contributed by atoms with Gasteiger partial charge in [-0.25, -0.2) is 0 Å². The predicted octanol–water partition coefficient (Wildman–Crippen LogP) is 2.27. The SMILES string of the molecule is c1ccc(OCCc2noc(NC3CC3)n2)cc1. The Hall–Kier alpha value is -2.04. The number of rotatable bonds is 6. The highest BCUT2D eigenvalue weighted by atomic mass is 16.5. The van der Waals surface area contributed by atoms with Gasteiger partial charge in [0.1, 0.15) is 5.75 Å². The van der Waals surface area contributed by atoms with Crippen molar-refractivity contribution in [3.63, 3.8) is 0 Å². The molecule has 1 fully saturated rings. The summed E-state index contributed by atoms with van der Waals surface area (Å²) in [5.74, 6) is 1.53. The van der Waals surface area contributed by atoms with E-state index in [1.807, 2.05) is 30.3 Å². The fraction of sp³-hybridized carbons (Fsp3) is 0.385. The van der Waals surface area contributed by atoms with Crippen molar-refractivity contribution in [1.82, 2.24) is 10.1 Å². The average molecular weight is 245 g/mol. The van der Waals surface area contributed by atoms with Gasteiger partial charge in [-0.2, -0.15) is 4.98 Å². The molecular formula is C13H15N3O2. The Balaban J connectivity index is 1.46. The molecule has 1 aliphatic carbocycles. The van der Waals surface area contributed by atoms with Crippen molar-refractivity contribution in [3.8, 4) is 5.75 Å². The molecule has 0 saturated heterocycles. The summed E-state index contributed by atoms with van der Waals surface area (Å²) < 4.78 is 10.7. The van der Waals surface area contributed by atoms with Crippen LogP contribution in [0.5, 0.6) is 5.75 Å². The van der Waals surface area contributed by atoms with Crippen LogP contribution in [0.25, 0.3) is 0 Å². The molecule has 18 heavy (non-hydrogen) atoms. The van der Waals surface area contributed by atoms with E-state index in [2.05, 4.69) is 15.5 Å². The summed E-state index contributed by atoms with van der Waals surface area (Å²) in [5, 5.41) is 7.06. The first kappa shape index (κ1) is 11.1. The van der Waals surface area contributed by atoms with Gasteiger partial charge in [0.15, 0.2) is 5.82 Å². The Bertz CT molecular complexity index is 494. The highest BCUT2D eigenvalue weighted by molar-refractivity contribution is 5.23. The molecule has 0 bridgehead atoms. The quantitative estimate of drug-likeness (QED) is 0.845. The van der Waals surface area contributed by atoms with E-state index in [4.69, 9.17) is 9.26 Å². The second-order valence-corrected chi connectivity index (χ2v) is 4.35. The molecule has 0 aliphatic heterocycles. The Morgan fingerprint density at radius 3 is 2.89 bits per heavy atom. The van der Waals surface area contributed by atoms with Crippen LogP contribution in [0.2, 0.25) is 0 Å². The normalized spacial score (nSPS) is 14.4. The van der Waals surface area contributed by atoms with Crippen LogP contribution in [0.3, 0.4) is 0 Å². The highest BCUT2D eigenvalue weighted by Gasteiger charge is 2.23. The van der Waals surface area contributed by atoms with Crippen LogP contribution in [0.15, 0.2) is 34.9 Å². The zero-order valence-electron chi connectivity index (χ0n) is 10.0. The van der Waals surface area contributed by atoms with Gasteiger partial charge in [-0.05, 0) is 25.0 Å². The van der Waals surface area contributed by atoms with Gasteiger partial charge < -0.3 is 14.6 Å². The van der Waals surface area contributed by atoms with Crippen molar-refractivity contribution in [2.45, 2.75) is 25.3 Å². The molecule has 0 spiro atoms. The van der Waals surface area contributed by atoms with Crippen LogP contribution in [0.4, 0.5) is 6.01 Å². The fourth-order valence-electron chi connectivity index (χ4n) is 1.59. The summed E-state index contributed by atoms with van der Waals surface area (Å²) in [6.07, 6.45) is 3.02. The van der Waals surface area contributed by atoms with E-state index in [1.165, 1.54) is 12.8 Å². The molecule has 5 heteroatoms. The van der Waals surface area contributed by atoms with Crippen molar-refractivity contribution in [1.29, 1.82) is 0 Å². The third-order valence-electron chi connectivity index (χ3n) is 2.71. The maximum atomic E-state index is 5.57. The number of anilines is 1. The monoisotopic (exact) mass is 245 g/mol. The van der Waals surface area contributed by atoms with Crippen LogP contribution in [0.1, 0.15) is 18.7 Å². The zero-order chi connectivity index (χ0) is 12.2. The summed E-state index contributed by atoms with van der Waals surface area (Å²) in [4.78, 5) is 4.25. The fourth-order valence-corrected chi connectivity index (χ4v) is 1.59. The number of ether oxygens (including phenoxy) is 1. The predicted molar refractivity (Wildman–Crippen MR) is 66.6 cm³/mol. The van der Waals surface area contributed by atoms with Gasteiger partial charge in [-0.15, -0.1) is 0 Å². The molecule has 3 rings (SSSR count). The first-order valence-electron chi connectivity index (χ1n) is 6.17. The van der Waals surface area contributed by atoms with Crippen molar-refractivity contribution in [3.05, 3.63) is 36.2 Å². The Morgan fingerprint density at radius 2 is 2.11 bits per heavy atom. The Morgan fingerprint density at radius 1 is 1.28 bits per heavy atom. The van der Waals surface area contributed by atoms with E-state index in [1.54, 1.807) is 0 Å². The molecule has 1 saturated carbocycles. The summed E-state index contributed by atoms with van der Waals surface area (Å²) >= 11 is 0. The molecule has 1 N–H and O–H groups in total. The molecular weight excluding hydrogens is 230 g/mol. The molecule has 1 aromatic heterocycles. The topological polar surface area (TPSA) is 60.2 Å². The van der Waals surface area contributed by atoms with E-state index in [0.29, 0.717) is 30.9 Å². The average Bonchev–Trinajstić information content (AvgIpc) is 3.10. The van der Waals surface area contributed by atoms with Gasteiger partial charge in [0, 0.05) is 12.5 Å². The molecule has 0 radical (unpaired) electrons. The third kappa shape index (κ3) is 3.00. The minimum atomic E-state index is 0.521. The number of hydrogen-bond donors (Lipinski definition) is 1. The maximum absolute atomic E-state index is 5.57. The maximum Gasteiger partial charge on any atom is 0.321 e. The van der Waals surface area contributed by atoms with Gasteiger partial charge >= 0.3 is 6.01 Å². The second-order valence-electron chi connectivity index (χ2n) is 4.35. The molecule has 1 aromatic carbocycles. The highest BCUT2D eigenvalue weighted by Crippen LogP contribution is 2.23. The standard InChI is InChI=1S/C13H15N3O2/c1-2-4-11(5-3-1)17-9-8-12-15-13(18-16-12)14-10-6-7-10/h1-5,10H,6-9H2,(H,14,15,16). The first-order valence-corrected chi connectivity index (χ1v) is 6.17. The van der Waals surface area contributed by atoms with Crippen LogP contribution >= 0.6 is 0 Å². The van der Waals surface area contributed by atoms with Gasteiger partial charge in [0.2, 0.25) is 0 Å². The molecule has 2 aromatic rings. The smallest absolute Gasteiger partial charge is 0.321 e. The van der Waals surface area contributed by atoms with Crippen molar-refractivity contribution >= 4 is 6.01 Å². The number of nitrogens with zero attached hydrogens (tertiary/aromatic N) is 2. The summed E-state index contributed by atoms with van der Waals surface area (Å²) in [6, 6.07) is 10.8. The van der Waals surface area contributed by atoms with Crippen molar-refractivity contribution < 1.29 is 9.26 Å². The number of benzene rings is 1. The number of hydrogen-bond acceptors (Lipinski definition) is 5. The van der Waals surface area contributed by atoms with Gasteiger partial charge in [-0.3, -0.25) is 0 Å². The van der Waals surface area contributed by atoms with E-state index < -0.39 is 0 Å². The van der Waals surface area contributed by atoms with Gasteiger partial charge in [-0.1, -0.05) is 23.4 Å². The van der Waals surface area contributed by atoms with Crippen LogP contribution in [0, 0.1) is 0 Å². The van der Waals surface area contributed by atoms with E-state index >= 15 is 0 Å². The summed E-state index contributed by atoms with van der Waals surface area (Å²) in [6.45, 7) is 0.548. The summed E-state index contributed by atoms with van der Waals surface area (Å²) in [7, 11) is 0.